The normalized spacial score (nSPS) is 12.5. The summed E-state index contributed by atoms with van der Waals surface area (Å²) in [4.78, 5) is 3.37. The van der Waals surface area contributed by atoms with Crippen LogP contribution in [0, 0.1) is 0 Å². The molecule has 1 unspecified atom stereocenters. The van der Waals surface area contributed by atoms with Crippen molar-refractivity contribution >= 4 is 6.72 Å². The molecule has 0 aliphatic carbocycles. The molecule has 0 spiro atoms. The van der Waals surface area contributed by atoms with E-state index < -0.39 is 6.23 Å². The summed E-state index contributed by atoms with van der Waals surface area (Å²) in [7, 11) is 0. The maximum atomic E-state index is 9.16. The number of rotatable bonds is 2. The van der Waals surface area contributed by atoms with Gasteiger partial charge in [0.1, 0.15) is 5.75 Å². The zero-order valence-corrected chi connectivity index (χ0v) is 5.94. The first kappa shape index (κ1) is 7.75. The monoisotopic (exact) mass is 151 g/mol. The van der Waals surface area contributed by atoms with Crippen LogP contribution in [0.2, 0.25) is 0 Å². The Balaban J connectivity index is 3.02. The van der Waals surface area contributed by atoms with Gasteiger partial charge in [0.15, 0.2) is 6.23 Å². The number of hydrogen-bond donors (Lipinski definition) is 2. The Kier molecular flexibility index (Phi) is 2.23. The average molecular weight is 151 g/mol. The molecular weight excluding hydrogens is 142 g/mol. The molecule has 1 atom stereocenters. The third-order valence-electron chi connectivity index (χ3n) is 1.39. The van der Waals surface area contributed by atoms with Crippen molar-refractivity contribution in [3.63, 3.8) is 0 Å². The first-order chi connectivity index (χ1) is 5.25. The lowest BCUT2D eigenvalue weighted by atomic mass is 10.2. The van der Waals surface area contributed by atoms with Crippen LogP contribution < -0.4 is 0 Å². The average Bonchev–Trinajstić information content (AvgIpc) is 2.04. The van der Waals surface area contributed by atoms with E-state index in [1.807, 2.05) is 0 Å². The Bertz CT molecular complexity index is 260. The Morgan fingerprint density at radius 2 is 2.00 bits per heavy atom. The maximum Gasteiger partial charge on any atom is 0.174 e. The topological polar surface area (TPSA) is 52.8 Å². The largest absolute Gasteiger partial charge is 0.507 e. The molecule has 0 amide bonds. The van der Waals surface area contributed by atoms with Crippen LogP contribution in [0.5, 0.6) is 5.75 Å². The lowest BCUT2D eigenvalue weighted by Gasteiger charge is -2.05. The molecule has 0 aliphatic heterocycles. The van der Waals surface area contributed by atoms with Crippen LogP contribution in [-0.4, -0.2) is 16.9 Å². The Morgan fingerprint density at radius 3 is 2.55 bits per heavy atom. The summed E-state index contributed by atoms with van der Waals surface area (Å²) >= 11 is 0. The minimum atomic E-state index is -1.03. The quantitative estimate of drug-likeness (QED) is 0.621. The van der Waals surface area contributed by atoms with Crippen molar-refractivity contribution in [2.24, 2.45) is 4.99 Å². The summed E-state index contributed by atoms with van der Waals surface area (Å²) in [6, 6.07) is 6.47. The predicted octanol–water partition coefficient (Wildman–Crippen LogP) is 1.08. The van der Waals surface area contributed by atoms with Gasteiger partial charge >= 0.3 is 0 Å². The van der Waals surface area contributed by atoms with E-state index in [1.165, 1.54) is 6.07 Å². The molecule has 2 N–H and O–H groups in total. The highest BCUT2D eigenvalue weighted by atomic mass is 16.3. The number of phenolic OH excluding ortho intramolecular Hbond substituents is 1. The standard InChI is InChI=1S/C8H9NO2/c1-9-8(11)6-4-2-3-5-7(6)10/h2-5,8,10-11H,1H2. The molecule has 58 valence electrons. The number of para-hydroxylation sites is 1. The summed E-state index contributed by atoms with van der Waals surface area (Å²) < 4.78 is 0. The minimum absolute atomic E-state index is 0.0346. The highest BCUT2D eigenvalue weighted by molar-refractivity contribution is 5.35. The van der Waals surface area contributed by atoms with Crippen LogP contribution in [0.25, 0.3) is 0 Å². The number of aromatic hydroxyl groups is 1. The number of aliphatic hydroxyl groups excluding tert-OH is 1. The van der Waals surface area contributed by atoms with Gasteiger partial charge in [-0.1, -0.05) is 18.2 Å². The van der Waals surface area contributed by atoms with Crippen LogP contribution in [0.15, 0.2) is 29.3 Å². The van der Waals surface area contributed by atoms with Gasteiger partial charge in [-0.05, 0) is 12.8 Å². The van der Waals surface area contributed by atoms with Crippen molar-refractivity contribution in [2.75, 3.05) is 0 Å². The number of phenols is 1. The second-order valence-corrected chi connectivity index (χ2v) is 2.12. The van der Waals surface area contributed by atoms with Gasteiger partial charge in [-0.25, -0.2) is 0 Å². The predicted molar refractivity (Wildman–Crippen MR) is 42.6 cm³/mol. The fraction of sp³-hybridized carbons (Fsp3) is 0.125. The van der Waals surface area contributed by atoms with Gasteiger partial charge in [0.2, 0.25) is 0 Å². The molecule has 0 aliphatic rings. The zero-order chi connectivity index (χ0) is 8.27. The van der Waals surface area contributed by atoms with E-state index in [2.05, 4.69) is 11.7 Å². The fourth-order valence-corrected chi connectivity index (χ4v) is 0.804. The van der Waals surface area contributed by atoms with E-state index in [0.29, 0.717) is 5.56 Å². The van der Waals surface area contributed by atoms with E-state index >= 15 is 0 Å². The first-order valence-corrected chi connectivity index (χ1v) is 3.17. The van der Waals surface area contributed by atoms with E-state index in [0.717, 1.165) is 0 Å². The van der Waals surface area contributed by atoms with Gasteiger partial charge < -0.3 is 10.2 Å². The van der Waals surface area contributed by atoms with Crippen LogP contribution in [-0.2, 0) is 0 Å². The summed E-state index contributed by atoms with van der Waals surface area (Å²) in [6.45, 7) is 3.17. The number of aliphatic imine (C=N–C) groups is 1. The highest BCUT2D eigenvalue weighted by Crippen LogP contribution is 2.23. The van der Waals surface area contributed by atoms with Crippen molar-refractivity contribution in [2.45, 2.75) is 6.23 Å². The van der Waals surface area contributed by atoms with Gasteiger partial charge in [-0.15, -0.1) is 0 Å². The molecule has 0 aromatic heterocycles. The summed E-state index contributed by atoms with van der Waals surface area (Å²) in [5, 5.41) is 18.3. The van der Waals surface area contributed by atoms with E-state index in [1.54, 1.807) is 18.2 Å². The molecule has 1 rings (SSSR count). The van der Waals surface area contributed by atoms with Crippen LogP contribution in [0.1, 0.15) is 11.8 Å². The number of hydrogen-bond acceptors (Lipinski definition) is 3. The van der Waals surface area contributed by atoms with Gasteiger partial charge in [0, 0.05) is 5.56 Å². The smallest absolute Gasteiger partial charge is 0.174 e. The van der Waals surface area contributed by atoms with Crippen LogP contribution in [0.3, 0.4) is 0 Å². The third-order valence-corrected chi connectivity index (χ3v) is 1.39. The molecule has 0 radical (unpaired) electrons. The fourth-order valence-electron chi connectivity index (χ4n) is 0.804. The Labute approximate surface area is 64.6 Å². The lowest BCUT2D eigenvalue weighted by Crippen LogP contribution is -1.92. The van der Waals surface area contributed by atoms with Crippen molar-refractivity contribution in [1.82, 2.24) is 0 Å². The summed E-state index contributed by atoms with van der Waals surface area (Å²) in [6.07, 6.45) is -1.03. The van der Waals surface area contributed by atoms with E-state index in [9.17, 15) is 0 Å². The molecule has 1 aromatic carbocycles. The number of benzene rings is 1. The van der Waals surface area contributed by atoms with E-state index in [-0.39, 0.29) is 5.75 Å². The first-order valence-electron chi connectivity index (χ1n) is 3.17. The number of nitrogens with zero attached hydrogens (tertiary/aromatic N) is 1. The highest BCUT2D eigenvalue weighted by Gasteiger charge is 2.06. The molecule has 3 heteroatoms. The van der Waals surface area contributed by atoms with Gasteiger partial charge in [0.25, 0.3) is 0 Å². The SMILES string of the molecule is C=NC(O)c1ccccc1O. The molecule has 3 nitrogen and oxygen atoms in total. The molecule has 0 saturated heterocycles. The van der Waals surface area contributed by atoms with Gasteiger partial charge in [-0.2, -0.15) is 0 Å². The second-order valence-electron chi connectivity index (χ2n) is 2.12. The molecule has 0 fully saturated rings. The molecule has 1 aromatic rings. The van der Waals surface area contributed by atoms with E-state index in [4.69, 9.17) is 10.2 Å². The second kappa shape index (κ2) is 3.16. The van der Waals surface area contributed by atoms with Gasteiger partial charge in [0.05, 0.1) is 0 Å². The van der Waals surface area contributed by atoms with Crippen molar-refractivity contribution in [3.05, 3.63) is 29.8 Å². The molecule has 0 saturated carbocycles. The summed E-state index contributed by atoms with van der Waals surface area (Å²) in [5.41, 5.74) is 0.377. The maximum absolute atomic E-state index is 9.16. The Morgan fingerprint density at radius 1 is 1.36 bits per heavy atom. The van der Waals surface area contributed by atoms with Crippen molar-refractivity contribution in [3.8, 4) is 5.75 Å². The Hall–Kier alpha value is -1.35. The lowest BCUT2D eigenvalue weighted by molar-refractivity contribution is 0.186. The molecule has 0 bridgehead atoms. The molecule has 11 heavy (non-hydrogen) atoms. The third kappa shape index (κ3) is 1.56. The molecular formula is C8H9NO2. The van der Waals surface area contributed by atoms with Crippen LogP contribution in [0.4, 0.5) is 0 Å². The minimum Gasteiger partial charge on any atom is -0.507 e. The van der Waals surface area contributed by atoms with Crippen LogP contribution >= 0.6 is 0 Å². The van der Waals surface area contributed by atoms with Gasteiger partial charge in [-0.3, -0.25) is 4.99 Å². The number of aliphatic hydroxyl groups is 1. The van der Waals surface area contributed by atoms with Crippen molar-refractivity contribution in [1.29, 1.82) is 0 Å². The summed E-state index contributed by atoms with van der Waals surface area (Å²) in [5.74, 6) is 0.0346. The molecule has 0 heterocycles. The zero-order valence-electron chi connectivity index (χ0n) is 5.94. The van der Waals surface area contributed by atoms with Crippen molar-refractivity contribution < 1.29 is 10.2 Å².